The van der Waals surface area contributed by atoms with Crippen molar-refractivity contribution in [1.82, 2.24) is 5.32 Å². The second kappa shape index (κ2) is 9.46. The average molecular weight is 405 g/mol. The van der Waals surface area contributed by atoms with Gasteiger partial charge in [-0.15, -0.1) is 0 Å². The lowest BCUT2D eigenvalue weighted by atomic mass is 9.87. The van der Waals surface area contributed by atoms with Crippen LogP contribution >= 0.6 is 11.6 Å². The predicted octanol–water partition coefficient (Wildman–Crippen LogP) is 3.31. The fourth-order valence-corrected chi connectivity index (χ4v) is 2.60. The molecule has 7 heteroatoms. The largest absolute Gasteiger partial charge is 0.492 e. The molecule has 0 aliphatic heterocycles. The molecule has 0 aromatic heterocycles. The monoisotopic (exact) mass is 404 g/mol. The number of amides is 2. The number of ether oxygens (including phenoxy) is 2. The van der Waals surface area contributed by atoms with Crippen LogP contribution in [0.2, 0.25) is 5.02 Å². The van der Waals surface area contributed by atoms with Crippen molar-refractivity contribution < 1.29 is 19.1 Å². The molecule has 2 aromatic carbocycles. The molecular weight excluding hydrogens is 380 g/mol. The normalized spacial score (nSPS) is 11.0. The lowest BCUT2D eigenvalue weighted by molar-refractivity contribution is -0.123. The first kappa shape index (κ1) is 21.6. The molecule has 0 unspecified atom stereocenters. The number of halogens is 1. The van der Waals surface area contributed by atoms with E-state index in [-0.39, 0.29) is 29.2 Å². The van der Waals surface area contributed by atoms with Crippen molar-refractivity contribution in [2.75, 3.05) is 19.8 Å². The molecule has 6 nitrogen and oxygen atoms in total. The molecule has 3 N–H and O–H groups in total. The van der Waals surface area contributed by atoms with Gasteiger partial charge in [-0.05, 0) is 41.3 Å². The van der Waals surface area contributed by atoms with Crippen LogP contribution in [-0.2, 0) is 10.2 Å². The van der Waals surface area contributed by atoms with E-state index in [9.17, 15) is 9.59 Å². The standard InChI is InChI=1S/C21H25ClN2O4/c1-21(2,3)14-4-7-16(8-5-14)27-11-10-24-19(25)13-28-18-9-6-15(22)12-17(18)20(23)26/h4-9,12H,10-11,13H2,1-3H3,(H2,23,26)(H,24,25). The number of carbonyl (C=O) groups excluding carboxylic acids is 2. The summed E-state index contributed by atoms with van der Waals surface area (Å²) in [5.41, 5.74) is 6.72. The quantitative estimate of drug-likeness (QED) is 0.660. The van der Waals surface area contributed by atoms with E-state index >= 15 is 0 Å². The van der Waals surface area contributed by atoms with E-state index in [1.54, 1.807) is 6.07 Å². The van der Waals surface area contributed by atoms with Crippen molar-refractivity contribution >= 4 is 23.4 Å². The molecule has 0 saturated heterocycles. The number of carbonyl (C=O) groups is 2. The molecule has 28 heavy (non-hydrogen) atoms. The van der Waals surface area contributed by atoms with Crippen LogP contribution in [0.1, 0.15) is 36.7 Å². The first-order chi connectivity index (χ1) is 13.2. The van der Waals surface area contributed by atoms with Crippen LogP contribution in [-0.4, -0.2) is 31.6 Å². The number of benzene rings is 2. The SMILES string of the molecule is CC(C)(C)c1ccc(OCCNC(=O)COc2ccc(Cl)cc2C(N)=O)cc1. The fourth-order valence-electron chi connectivity index (χ4n) is 2.43. The fraction of sp³-hybridized carbons (Fsp3) is 0.333. The molecule has 0 aliphatic rings. The first-order valence-corrected chi connectivity index (χ1v) is 9.27. The number of hydrogen-bond acceptors (Lipinski definition) is 4. The van der Waals surface area contributed by atoms with Crippen LogP contribution in [0.25, 0.3) is 0 Å². The van der Waals surface area contributed by atoms with Gasteiger partial charge in [0.15, 0.2) is 6.61 Å². The van der Waals surface area contributed by atoms with Crippen molar-refractivity contribution in [2.45, 2.75) is 26.2 Å². The molecule has 0 aliphatic carbocycles. The number of rotatable bonds is 8. The van der Waals surface area contributed by atoms with Gasteiger partial charge in [-0.3, -0.25) is 9.59 Å². The number of nitrogens with one attached hydrogen (secondary N) is 1. The Bertz CT molecular complexity index is 829. The third kappa shape index (κ3) is 6.46. The predicted molar refractivity (Wildman–Crippen MR) is 109 cm³/mol. The van der Waals surface area contributed by atoms with E-state index in [0.717, 1.165) is 5.75 Å². The van der Waals surface area contributed by atoms with Gasteiger partial charge in [-0.1, -0.05) is 44.5 Å². The minimum atomic E-state index is -0.677. The molecule has 2 aromatic rings. The molecule has 0 radical (unpaired) electrons. The Morgan fingerprint density at radius 3 is 2.36 bits per heavy atom. The van der Waals surface area contributed by atoms with E-state index in [2.05, 4.69) is 26.1 Å². The summed E-state index contributed by atoms with van der Waals surface area (Å²) in [6, 6.07) is 12.3. The molecule has 0 fully saturated rings. The average Bonchev–Trinajstić information content (AvgIpc) is 2.63. The highest BCUT2D eigenvalue weighted by atomic mass is 35.5. The topological polar surface area (TPSA) is 90.7 Å². The van der Waals surface area contributed by atoms with Gasteiger partial charge < -0.3 is 20.5 Å². The summed E-state index contributed by atoms with van der Waals surface area (Å²) in [6.45, 7) is 6.85. The third-order valence-corrected chi connectivity index (χ3v) is 4.21. The maximum atomic E-state index is 11.9. The number of nitrogens with two attached hydrogens (primary N) is 1. The highest BCUT2D eigenvalue weighted by Gasteiger charge is 2.13. The summed E-state index contributed by atoms with van der Waals surface area (Å²) in [7, 11) is 0. The zero-order valence-electron chi connectivity index (χ0n) is 16.3. The van der Waals surface area contributed by atoms with Crippen molar-refractivity contribution in [2.24, 2.45) is 5.73 Å². The molecule has 0 bridgehead atoms. The number of primary amides is 1. The van der Waals surface area contributed by atoms with E-state index in [4.69, 9.17) is 26.8 Å². The van der Waals surface area contributed by atoms with Crippen molar-refractivity contribution in [1.29, 1.82) is 0 Å². The van der Waals surface area contributed by atoms with Gasteiger partial charge >= 0.3 is 0 Å². The van der Waals surface area contributed by atoms with Crippen LogP contribution in [0.4, 0.5) is 0 Å². The Morgan fingerprint density at radius 2 is 1.75 bits per heavy atom. The Kier molecular flexibility index (Phi) is 7.29. The Labute approximate surface area is 170 Å². The molecule has 0 saturated carbocycles. The van der Waals surface area contributed by atoms with Crippen LogP contribution in [0, 0.1) is 0 Å². The van der Waals surface area contributed by atoms with E-state index in [1.165, 1.54) is 17.7 Å². The second-order valence-corrected chi connectivity index (χ2v) is 7.70. The van der Waals surface area contributed by atoms with Crippen LogP contribution < -0.4 is 20.5 Å². The highest BCUT2D eigenvalue weighted by molar-refractivity contribution is 6.31. The minimum Gasteiger partial charge on any atom is -0.492 e. The van der Waals surface area contributed by atoms with Gasteiger partial charge in [0.25, 0.3) is 11.8 Å². The van der Waals surface area contributed by atoms with E-state index < -0.39 is 5.91 Å². The maximum Gasteiger partial charge on any atom is 0.258 e. The maximum absolute atomic E-state index is 11.9. The van der Waals surface area contributed by atoms with E-state index in [0.29, 0.717) is 18.2 Å². The number of hydrogen-bond donors (Lipinski definition) is 2. The van der Waals surface area contributed by atoms with Crippen LogP contribution in [0.5, 0.6) is 11.5 Å². The zero-order valence-corrected chi connectivity index (χ0v) is 17.0. The van der Waals surface area contributed by atoms with Gasteiger partial charge in [-0.25, -0.2) is 0 Å². The van der Waals surface area contributed by atoms with Crippen molar-refractivity contribution in [3.8, 4) is 11.5 Å². The van der Waals surface area contributed by atoms with Crippen molar-refractivity contribution in [3.05, 3.63) is 58.6 Å². The van der Waals surface area contributed by atoms with Crippen LogP contribution in [0.3, 0.4) is 0 Å². The van der Waals surface area contributed by atoms with Gasteiger partial charge in [-0.2, -0.15) is 0 Å². The smallest absolute Gasteiger partial charge is 0.258 e. The van der Waals surface area contributed by atoms with Gasteiger partial charge in [0.05, 0.1) is 12.1 Å². The molecular formula is C21H25ClN2O4. The lowest BCUT2D eigenvalue weighted by Gasteiger charge is -2.19. The Hall–Kier alpha value is -2.73. The van der Waals surface area contributed by atoms with Gasteiger partial charge in [0.1, 0.15) is 18.1 Å². The second-order valence-electron chi connectivity index (χ2n) is 7.27. The Morgan fingerprint density at radius 1 is 1.07 bits per heavy atom. The molecule has 0 spiro atoms. The summed E-state index contributed by atoms with van der Waals surface area (Å²) in [5.74, 6) is -0.0613. The summed E-state index contributed by atoms with van der Waals surface area (Å²) < 4.78 is 11.0. The molecule has 0 atom stereocenters. The minimum absolute atomic E-state index is 0.0883. The summed E-state index contributed by atoms with van der Waals surface area (Å²) in [5, 5.41) is 3.05. The molecule has 150 valence electrons. The summed E-state index contributed by atoms with van der Waals surface area (Å²) in [4.78, 5) is 23.3. The zero-order chi connectivity index (χ0) is 20.7. The lowest BCUT2D eigenvalue weighted by Crippen LogP contribution is -2.32. The van der Waals surface area contributed by atoms with Crippen LogP contribution in [0.15, 0.2) is 42.5 Å². The summed E-state index contributed by atoms with van der Waals surface area (Å²) in [6.07, 6.45) is 0. The van der Waals surface area contributed by atoms with E-state index in [1.807, 2.05) is 24.3 Å². The third-order valence-electron chi connectivity index (χ3n) is 3.98. The first-order valence-electron chi connectivity index (χ1n) is 8.89. The van der Waals surface area contributed by atoms with Gasteiger partial charge in [0.2, 0.25) is 0 Å². The van der Waals surface area contributed by atoms with Crippen molar-refractivity contribution in [3.63, 3.8) is 0 Å². The Balaban J connectivity index is 1.74. The van der Waals surface area contributed by atoms with Gasteiger partial charge in [0, 0.05) is 5.02 Å². The summed E-state index contributed by atoms with van der Waals surface area (Å²) >= 11 is 5.83. The molecule has 0 heterocycles. The molecule has 2 amide bonds. The molecule has 2 rings (SSSR count). The highest BCUT2D eigenvalue weighted by Crippen LogP contribution is 2.24.